The molecule has 0 unspecified atom stereocenters. The first kappa shape index (κ1) is 14.4. The number of rotatable bonds is 2. The summed E-state index contributed by atoms with van der Waals surface area (Å²) >= 11 is 3.04. The van der Waals surface area contributed by atoms with Crippen molar-refractivity contribution in [2.24, 2.45) is 0 Å². The van der Waals surface area contributed by atoms with Crippen LogP contribution in [0, 0.1) is 0 Å². The van der Waals surface area contributed by atoms with Gasteiger partial charge in [0.15, 0.2) is 11.4 Å². The number of halogens is 1. The highest BCUT2D eigenvalue weighted by molar-refractivity contribution is 9.10. The summed E-state index contributed by atoms with van der Waals surface area (Å²) in [5.74, 6) is -1.50. The lowest BCUT2D eigenvalue weighted by Gasteiger charge is -2.46. The van der Waals surface area contributed by atoms with Crippen LogP contribution >= 0.6 is 26.7 Å². The molecule has 7 nitrogen and oxygen atoms in total. The van der Waals surface area contributed by atoms with E-state index in [1.807, 2.05) is 0 Å². The van der Waals surface area contributed by atoms with Gasteiger partial charge in [0.25, 0.3) is 0 Å². The van der Waals surface area contributed by atoms with Gasteiger partial charge in [-0.05, 0) is 28.8 Å². The van der Waals surface area contributed by atoms with E-state index in [0.29, 0.717) is 13.0 Å². The molecule has 0 radical (unpaired) electrons. The summed E-state index contributed by atoms with van der Waals surface area (Å²) in [7, 11) is -2.97. The molecule has 0 atom stereocenters. The molecule has 1 saturated heterocycles. The summed E-state index contributed by atoms with van der Waals surface area (Å²) in [6.45, 7) is 0.381. The highest BCUT2D eigenvalue weighted by Crippen LogP contribution is 2.49. The maximum absolute atomic E-state index is 11.0. The second-order valence-electron chi connectivity index (χ2n) is 4.11. The molecular weight excluding hydrogens is 340 g/mol. The van der Waals surface area contributed by atoms with Gasteiger partial charge in [-0.25, -0.2) is 9.78 Å². The van der Waals surface area contributed by atoms with Gasteiger partial charge in [0, 0.05) is 12.6 Å². The molecule has 1 aromatic heterocycles. The molecule has 0 spiro atoms. The maximum Gasteiger partial charge on any atom is 0.358 e. The Morgan fingerprint density at radius 3 is 2.68 bits per heavy atom. The maximum atomic E-state index is 11.0. The Kier molecular flexibility index (Phi) is 3.90. The molecule has 1 aliphatic rings. The Labute approximate surface area is 119 Å². The standard InChI is InChI=1S/C10H13BrN2O5S/c11-6-5-7(12-8(9(6)14)10(15)16)13-3-1-2-4-19(13,17)18/h5,14,17-18H,1-4H2,(H,15,16). The molecule has 0 amide bonds. The number of carbonyl (C=O) groups is 1. The van der Waals surface area contributed by atoms with E-state index in [9.17, 15) is 19.0 Å². The smallest absolute Gasteiger partial charge is 0.358 e. The Morgan fingerprint density at radius 1 is 1.42 bits per heavy atom. The average molecular weight is 353 g/mol. The van der Waals surface area contributed by atoms with Crippen molar-refractivity contribution in [3.05, 3.63) is 16.2 Å². The van der Waals surface area contributed by atoms with Crippen molar-refractivity contribution in [2.45, 2.75) is 12.8 Å². The van der Waals surface area contributed by atoms with Crippen molar-refractivity contribution >= 4 is 38.5 Å². The Morgan fingerprint density at radius 2 is 2.11 bits per heavy atom. The van der Waals surface area contributed by atoms with Gasteiger partial charge >= 0.3 is 5.97 Å². The van der Waals surface area contributed by atoms with E-state index in [1.165, 1.54) is 10.4 Å². The molecular formula is C10H13BrN2O5S. The van der Waals surface area contributed by atoms with E-state index in [4.69, 9.17) is 5.11 Å². The number of carboxylic acids is 1. The first-order chi connectivity index (χ1) is 8.83. The Hall–Kier alpha value is -1.03. The summed E-state index contributed by atoms with van der Waals surface area (Å²) < 4.78 is 21.4. The molecule has 4 N–H and O–H groups in total. The van der Waals surface area contributed by atoms with Crippen LogP contribution in [0.25, 0.3) is 0 Å². The molecule has 0 aliphatic carbocycles. The van der Waals surface area contributed by atoms with Crippen LogP contribution in [-0.4, -0.2) is 42.6 Å². The van der Waals surface area contributed by atoms with Crippen LogP contribution in [-0.2, 0) is 0 Å². The zero-order valence-corrected chi connectivity index (χ0v) is 12.2. The normalized spacial score (nSPS) is 20.1. The van der Waals surface area contributed by atoms with E-state index in [-0.39, 0.29) is 16.0 Å². The minimum absolute atomic E-state index is 0.127. The van der Waals surface area contributed by atoms with Gasteiger partial charge in [0.1, 0.15) is 5.82 Å². The topological polar surface area (TPSA) is 114 Å². The van der Waals surface area contributed by atoms with Crippen LogP contribution < -0.4 is 4.31 Å². The van der Waals surface area contributed by atoms with Crippen molar-refractivity contribution in [1.29, 1.82) is 0 Å². The molecule has 1 fully saturated rings. The average Bonchev–Trinajstić information content (AvgIpc) is 2.31. The number of aromatic nitrogens is 1. The van der Waals surface area contributed by atoms with E-state index in [2.05, 4.69) is 20.9 Å². The SMILES string of the molecule is O=C(O)c1nc(N2CCCCS2(O)O)cc(Br)c1O. The van der Waals surface area contributed by atoms with Crippen molar-refractivity contribution < 1.29 is 24.1 Å². The summed E-state index contributed by atoms with van der Waals surface area (Å²) in [6, 6.07) is 1.38. The van der Waals surface area contributed by atoms with Crippen LogP contribution in [0.3, 0.4) is 0 Å². The predicted molar refractivity (Wildman–Crippen MR) is 74.9 cm³/mol. The molecule has 0 bridgehead atoms. The van der Waals surface area contributed by atoms with Crippen LogP contribution in [0.4, 0.5) is 5.82 Å². The number of hydrogen-bond donors (Lipinski definition) is 4. The van der Waals surface area contributed by atoms with Crippen molar-refractivity contribution in [2.75, 3.05) is 16.6 Å². The number of aromatic carboxylic acids is 1. The number of carboxylic acid groups (broad SMARTS) is 1. The van der Waals surface area contributed by atoms with Gasteiger partial charge in [-0.2, -0.15) is 0 Å². The van der Waals surface area contributed by atoms with Gasteiger partial charge in [-0.15, -0.1) is 10.8 Å². The number of hydrogen-bond acceptors (Lipinski definition) is 6. The van der Waals surface area contributed by atoms with Crippen LogP contribution in [0.5, 0.6) is 5.75 Å². The number of nitrogens with zero attached hydrogens (tertiary/aromatic N) is 2. The zero-order valence-electron chi connectivity index (χ0n) is 9.78. The number of pyridine rings is 1. The minimum atomic E-state index is -2.97. The quantitative estimate of drug-likeness (QED) is 0.646. The third kappa shape index (κ3) is 2.78. The second kappa shape index (κ2) is 5.16. The summed E-state index contributed by atoms with van der Waals surface area (Å²) in [4.78, 5) is 14.8. The summed E-state index contributed by atoms with van der Waals surface area (Å²) in [5, 5.41) is 18.6. The van der Waals surface area contributed by atoms with Gasteiger partial charge in [0.05, 0.1) is 10.2 Å². The van der Waals surface area contributed by atoms with Crippen molar-refractivity contribution in [3.63, 3.8) is 0 Å². The van der Waals surface area contributed by atoms with E-state index in [0.717, 1.165) is 6.42 Å². The molecule has 9 heteroatoms. The molecule has 2 rings (SSSR count). The molecule has 2 heterocycles. The van der Waals surface area contributed by atoms with Crippen LogP contribution in [0.2, 0.25) is 0 Å². The molecule has 0 saturated carbocycles. The molecule has 1 aliphatic heterocycles. The summed E-state index contributed by atoms with van der Waals surface area (Å²) in [5.41, 5.74) is -0.523. The van der Waals surface area contributed by atoms with Gasteiger partial charge in [-0.3, -0.25) is 13.4 Å². The fraction of sp³-hybridized carbons (Fsp3) is 0.400. The fourth-order valence-corrected chi connectivity index (χ4v) is 3.86. The number of anilines is 1. The Bertz CT molecular complexity index is 525. The first-order valence-corrected chi connectivity index (χ1v) is 7.96. The van der Waals surface area contributed by atoms with E-state index in [1.54, 1.807) is 0 Å². The second-order valence-corrected chi connectivity index (χ2v) is 7.08. The molecule has 106 valence electrons. The van der Waals surface area contributed by atoms with E-state index < -0.39 is 28.2 Å². The number of aromatic hydroxyl groups is 1. The predicted octanol–water partition coefficient (Wildman–Crippen LogP) is 2.51. The Balaban J connectivity index is 2.48. The lowest BCUT2D eigenvalue weighted by Crippen LogP contribution is -2.35. The third-order valence-corrected chi connectivity index (χ3v) is 5.29. The highest BCUT2D eigenvalue weighted by atomic mass is 79.9. The monoisotopic (exact) mass is 352 g/mol. The minimum Gasteiger partial charge on any atom is -0.504 e. The van der Waals surface area contributed by atoms with Crippen LogP contribution in [0.15, 0.2) is 10.5 Å². The van der Waals surface area contributed by atoms with Gasteiger partial charge in [0.2, 0.25) is 0 Å². The van der Waals surface area contributed by atoms with Gasteiger partial charge in [-0.1, -0.05) is 0 Å². The largest absolute Gasteiger partial charge is 0.504 e. The van der Waals surface area contributed by atoms with Gasteiger partial charge < -0.3 is 10.2 Å². The van der Waals surface area contributed by atoms with E-state index >= 15 is 0 Å². The lowest BCUT2D eigenvalue weighted by atomic mass is 10.3. The zero-order chi connectivity index (χ0) is 14.2. The highest BCUT2D eigenvalue weighted by Gasteiger charge is 2.29. The summed E-state index contributed by atoms with van der Waals surface area (Å²) in [6.07, 6.45) is 1.46. The first-order valence-electron chi connectivity index (χ1n) is 5.49. The van der Waals surface area contributed by atoms with Crippen molar-refractivity contribution in [1.82, 2.24) is 4.98 Å². The van der Waals surface area contributed by atoms with Crippen LogP contribution in [0.1, 0.15) is 23.3 Å². The molecule has 0 aromatic carbocycles. The van der Waals surface area contributed by atoms with Crippen molar-refractivity contribution in [3.8, 4) is 5.75 Å². The molecule has 19 heavy (non-hydrogen) atoms. The fourth-order valence-electron chi connectivity index (χ4n) is 1.84. The molecule has 1 aromatic rings. The third-order valence-electron chi connectivity index (χ3n) is 2.77. The lowest BCUT2D eigenvalue weighted by molar-refractivity contribution is 0.0687.